The molecule has 0 aromatic heterocycles. The third kappa shape index (κ3) is 4.08. The molecule has 0 saturated heterocycles. The maximum Gasteiger partial charge on any atom is 0.217 e. The highest BCUT2D eigenvalue weighted by Gasteiger charge is 2.64. The van der Waals surface area contributed by atoms with Crippen LogP contribution in [0.3, 0.4) is 0 Å². The van der Waals surface area contributed by atoms with Gasteiger partial charge in [0.1, 0.15) is 0 Å². The molecule has 0 heterocycles. The van der Waals surface area contributed by atoms with E-state index >= 15 is 0 Å². The molecule has 0 aromatic rings. The van der Waals surface area contributed by atoms with E-state index in [1.165, 1.54) is 0 Å². The molecule has 0 aliphatic heterocycles. The van der Waals surface area contributed by atoms with Crippen LogP contribution in [0.2, 0.25) is 0 Å². The summed E-state index contributed by atoms with van der Waals surface area (Å²) in [5.74, 6) is 2.69. The summed E-state index contributed by atoms with van der Waals surface area (Å²) >= 11 is 0. The third-order valence-corrected chi connectivity index (χ3v) is 11.4. The van der Waals surface area contributed by atoms with Gasteiger partial charge < -0.3 is 14.8 Å². The second-order valence-corrected chi connectivity index (χ2v) is 13.2. The van der Waals surface area contributed by atoms with Crippen LogP contribution in [0.1, 0.15) is 85.5 Å². The molecule has 0 aromatic carbocycles. The first-order valence-electron chi connectivity index (χ1n) is 12.9. The molecule has 4 aliphatic carbocycles. The molecule has 2 N–H and O–H groups in total. The Morgan fingerprint density at radius 2 is 1.69 bits per heavy atom. The molecule has 4 saturated carbocycles. The average Bonchev–Trinajstić information content (AvgIpc) is 3.06. The number of hydrogen-bond donors (Lipinski definition) is 2. The Kier molecular flexibility index (Phi) is 6.83. The molecule has 0 bridgehead atoms. The van der Waals surface area contributed by atoms with Gasteiger partial charge in [-0.2, -0.15) is 0 Å². The summed E-state index contributed by atoms with van der Waals surface area (Å²) in [6, 6.07) is 0. The molecule has 4 aliphatic rings. The Morgan fingerprint density at radius 1 is 1.03 bits per heavy atom. The van der Waals surface area contributed by atoms with Gasteiger partial charge >= 0.3 is 0 Å². The van der Waals surface area contributed by atoms with Crippen LogP contribution in [0.25, 0.3) is 0 Å². The van der Waals surface area contributed by atoms with Crippen molar-refractivity contribution in [2.24, 2.45) is 52.3 Å². The maximum atomic E-state index is 11.7. The Morgan fingerprint density at radius 3 is 2.34 bits per heavy atom. The molecule has 6 nitrogen and oxygen atoms in total. The van der Waals surface area contributed by atoms with Crippen molar-refractivity contribution in [3.63, 3.8) is 0 Å². The van der Waals surface area contributed by atoms with Crippen molar-refractivity contribution in [1.82, 2.24) is 0 Å². The van der Waals surface area contributed by atoms with Crippen LogP contribution in [0, 0.1) is 52.3 Å². The monoisotopic (exact) mass is 471 g/mol. The van der Waals surface area contributed by atoms with Gasteiger partial charge in [-0.25, -0.2) is 8.42 Å². The van der Waals surface area contributed by atoms with Gasteiger partial charge in [0, 0.05) is 0 Å². The normalized spacial score (nSPS) is 49.7. The standard InChI is InChI=1S/C25H44O6S/c1-5-17-21-14-16(26)8-11-25(21,4)20-9-12-24(3)18(6-7-19(24)22(20)23(17)27)15(2)10-13-31-32(28,29)30/h15-23,26-27H,5-14H2,1-4H3,(H,28,29,30)/p-1/t15-,16-,17-,18?,19?,20?,21+,22?,23-,24-,25-/m1/s1. The zero-order valence-electron chi connectivity index (χ0n) is 20.2. The van der Waals surface area contributed by atoms with Crippen molar-refractivity contribution in [3.05, 3.63) is 0 Å². The Bertz CT molecular complexity index is 785. The van der Waals surface area contributed by atoms with Crippen molar-refractivity contribution in [2.45, 2.75) is 97.7 Å². The molecule has 0 amide bonds. The summed E-state index contributed by atoms with van der Waals surface area (Å²) in [6.07, 6.45) is 8.26. The largest absolute Gasteiger partial charge is 0.726 e. The second-order valence-electron chi connectivity index (χ2n) is 12.1. The van der Waals surface area contributed by atoms with Gasteiger partial charge in [0.05, 0.1) is 18.8 Å². The van der Waals surface area contributed by atoms with Gasteiger partial charge in [-0.1, -0.05) is 34.1 Å². The molecule has 11 atom stereocenters. The van der Waals surface area contributed by atoms with Gasteiger partial charge in [-0.15, -0.1) is 0 Å². The van der Waals surface area contributed by atoms with E-state index in [9.17, 15) is 23.2 Å². The smallest absolute Gasteiger partial charge is 0.217 e. The molecular weight excluding hydrogens is 428 g/mol. The molecule has 186 valence electrons. The van der Waals surface area contributed by atoms with Gasteiger partial charge in [0.25, 0.3) is 0 Å². The molecule has 4 rings (SSSR count). The van der Waals surface area contributed by atoms with Crippen molar-refractivity contribution in [2.75, 3.05) is 6.61 Å². The fourth-order valence-electron chi connectivity index (χ4n) is 9.47. The van der Waals surface area contributed by atoms with Crippen LogP contribution >= 0.6 is 0 Å². The molecular formula is C25H43O6S-. The molecule has 0 radical (unpaired) electrons. The van der Waals surface area contributed by atoms with Crippen LogP contribution in [0.5, 0.6) is 0 Å². The highest BCUT2D eigenvalue weighted by molar-refractivity contribution is 7.80. The number of aliphatic hydroxyl groups excluding tert-OH is 2. The van der Waals surface area contributed by atoms with Crippen LogP contribution in [0.4, 0.5) is 0 Å². The van der Waals surface area contributed by atoms with Crippen molar-refractivity contribution in [1.29, 1.82) is 0 Å². The lowest BCUT2D eigenvalue weighted by atomic mass is 9.41. The first kappa shape index (κ1) is 24.9. The fraction of sp³-hybridized carbons (Fsp3) is 1.00. The van der Waals surface area contributed by atoms with Crippen molar-refractivity contribution < 1.29 is 27.4 Å². The summed E-state index contributed by atoms with van der Waals surface area (Å²) in [7, 11) is -4.64. The van der Waals surface area contributed by atoms with Crippen molar-refractivity contribution >= 4 is 10.4 Å². The lowest BCUT2D eigenvalue weighted by Crippen LogP contribution is -2.62. The summed E-state index contributed by atoms with van der Waals surface area (Å²) in [4.78, 5) is 0. The van der Waals surface area contributed by atoms with E-state index in [0.29, 0.717) is 36.0 Å². The van der Waals surface area contributed by atoms with Crippen LogP contribution in [-0.4, -0.2) is 42.0 Å². The Hall–Kier alpha value is -0.210. The zero-order chi connectivity index (χ0) is 23.5. The number of fused-ring (bicyclic) bond motifs is 5. The molecule has 32 heavy (non-hydrogen) atoms. The fourth-order valence-corrected chi connectivity index (χ4v) is 9.77. The third-order valence-electron chi connectivity index (χ3n) is 11.0. The van der Waals surface area contributed by atoms with E-state index < -0.39 is 10.4 Å². The SMILES string of the molecule is CC[C@H]1[C@@H](O)C2C3CCC([C@H](C)CCOS(=O)(=O)[O-])[C@@]3(C)CCC2[C@@]2(C)CC[C@@H](O)C[C@@H]12. The minimum atomic E-state index is -4.64. The van der Waals surface area contributed by atoms with Crippen LogP contribution in [-0.2, 0) is 14.6 Å². The van der Waals surface area contributed by atoms with Gasteiger partial charge in [-0.05, 0) is 104 Å². The summed E-state index contributed by atoms with van der Waals surface area (Å²) < 4.78 is 37.0. The van der Waals surface area contributed by atoms with Crippen LogP contribution < -0.4 is 0 Å². The van der Waals surface area contributed by atoms with Gasteiger partial charge in [0.15, 0.2) is 0 Å². The molecule has 4 unspecified atom stereocenters. The van der Waals surface area contributed by atoms with Gasteiger partial charge in [-0.3, -0.25) is 4.18 Å². The first-order valence-corrected chi connectivity index (χ1v) is 14.2. The predicted octanol–water partition coefficient (Wildman–Crippen LogP) is 4.12. The molecule has 7 heteroatoms. The van der Waals surface area contributed by atoms with E-state index in [1.807, 2.05) is 0 Å². The lowest BCUT2D eigenvalue weighted by Gasteiger charge is -2.64. The lowest BCUT2D eigenvalue weighted by molar-refractivity contribution is -0.203. The summed E-state index contributed by atoms with van der Waals surface area (Å²) in [5.41, 5.74) is 0.332. The van der Waals surface area contributed by atoms with Crippen molar-refractivity contribution in [3.8, 4) is 0 Å². The van der Waals surface area contributed by atoms with E-state index in [-0.39, 0.29) is 41.5 Å². The molecule has 0 spiro atoms. The van der Waals surface area contributed by atoms with Gasteiger partial charge in [0.2, 0.25) is 10.4 Å². The topological polar surface area (TPSA) is 107 Å². The number of aliphatic hydroxyl groups is 2. The highest BCUT2D eigenvalue weighted by Crippen LogP contribution is 2.69. The summed E-state index contributed by atoms with van der Waals surface area (Å²) in [6.45, 7) is 9.17. The number of hydrogen-bond acceptors (Lipinski definition) is 6. The Labute approximate surface area is 194 Å². The second kappa shape index (κ2) is 8.78. The first-order chi connectivity index (χ1) is 14.9. The minimum absolute atomic E-state index is 0.0427. The zero-order valence-corrected chi connectivity index (χ0v) is 21.0. The summed E-state index contributed by atoms with van der Waals surface area (Å²) in [5, 5.41) is 22.1. The molecule has 4 fully saturated rings. The van der Waals surface area contributed by atoms with E-state index in [4.69, 9.17) is 0 Å². The van der Waals surface area contributed by atoms with Crippen LogP contribution in [0.15, 0.2) is 0 Å². The van der Waals surface area contributed by atoms with E-state index in [0.717, 1.165) is 51.4 Å². The van der Waals surface area contributed by atoms with E-state index in [2.05, 4.69) is 31.9 Å². The maximum absolute atomic E-state index is 11.7. The highest BCUT2D eigenvalue weighted by atomic mass is 32.3. The average molecular weight is 472 g/mol. The number of rotatable bonds is 6. The Balaban J connectivity index is 1.56. The minimum Gasteiger partial charge on any atom is -0.726 e. The van der Waals surface area contributed by atoms with E-state index in [1.54, 1.807) is 0 Å². The predicted molar refractivity (Wildman–Crippen MR) is 121 cm³/mol. The quantitative estimate of drug-likeness (QED) is 0.446.